The Bertz CT molecular complexity index is 297. The Morgan fingerprint density at radius 1 is 1.06 bits per heavy atom. The summed E-state index contributed by atoms with van der Waals surface area (Å²) in [6.45, 7) is 8.40. The zero-order valence-corrected chi connectivity index (χ0v) is 10.9. The number of hydrogen-bond donors (Lipinski definition) is 0. The fourth-order valence-electron chi connectivity index (χ4n) is 1.11. The smallest absolute Gasteiger partial charge is 0.0652 e. The summed E-state index contributed by atoms with van der Waals surface area (Å²) in [5.74, 6) is 0.950. The quantitative estimate of drug-likeness (QED) is 0.716. The van der Waals surface area contributed by atoms with Crippen LogP contribution in [0.2, 0.25) is 0 Å². The van der Waals surface area contributed by atoms with Crippen LogP contribution in [-0.4, -0.2) is 0 Å². The van der Waals surface area contributed by atoms with E-state index in [1.54, 1.807) is 0 Å². The van der Waals surface area contributed by atoms with Gasteiger partial charge < -0.3 is 0 Å². The maximum Gasteiger partial charge on any atom is 0.0652 e. The monoisotopic (exact) mass is 217 g/mol. The van der Waals surface area contributed by atoms with Gasteiger partial charge in [0.15, 0.2) is 0 Å². The van der Waals surface area contributed by atoms with E-state index in [4.69, 9.17) is 5.26 Å². The lowest BCUT2D eigenvalue weighted by molar-refractivity contribution is 0.713. The van der Waals surface area contributed by atoms with Crippen LogP contribution in [0.1, 0.15) is 52.0 Å². The molecule has 0 spiro atoms. The molecule has 1 aromatic carbocycles. The average molecular weight is 217 g/mol. The highest BCUT2D eigenvalue weighted by molar-refractivity contribution is 5.18. The van der Waals surface area contributed by atoms with Gasteiger partial charge in [0.2, 0.25) is 0 Å². The van der Waals surface area contributed by atoms with Gasteiger partial charge in [0.1, 0.15) is 0 Å². The molecule has 0 radical (unpaired) electrons. The first-order valence-corrected chi connectivity index (χ1v) is 6.10. The highest BCUT2D eigenvalue weighted by Gasteiger charge is 1.98. The molecular weight excluding hydrogens is 194 g/mol. The summed E-state index contributed by atoms with van der Waals surface area (Å²) in [6, 6.07) is 12.8. The topological polar surface area (TPSA) is 23.8 Å². The first-order chi connectivity index (χ1) is 7.65. The van der Waals surface area contributed by atoms with Gasteiger partial charge in [0.05, 0.1) is 6.07 Å². The van der Waals surface area contributed by atoms with Gasteiger partial charge in [-0.15, -0.1) is 0 Å². The number of rotatable bonds is 3. The predicted octanol–water partition coefficient (Wildman–Crippen LogP) is 4.76. The molecule has 16 heavy (non-hydrogen) atoms. The molecule has 1 rings (SSSR count). The fourth-order valence-corrected chi connectivity index (χ4v) is 1.11. The van der Waals surface area contributed by atoms with Gasteiger partial charge in [-0.1, -0.05) is 51.1 Å². The molecule has 0 aliphatic carbocycles. The summed E-state index contributed by atoms with van der Waals surface area (Å²) < 4.78 is 0. The molecule has 0 fully saturated rings. The lowest BCUT2D eigenvalue weighted by Crippen LogP contribution is -1.88. The summed E-state index contributed by atoms with van der Waals surface area (Å²) in [5, 5.41) is 8.08. The lowest BCUT2D eigenvalue weighted by atomic mass is 9.99. The van der Waals surface area contributed by atoms with E-state index in [1.807, 2.05) is 13.8 Å². The standard InChI is InChI=1S/C10H14.C5H9N/c1-3-9(2)10-7-5-4-6-8-10;1-3-5(2)4-6/h4-9H,3H2,1-2H3;5H,3H2,1-2H3. The van der Waals surface area contributed by atoms with Crippen LogP contribution in [0, 0.1) is 17.2 Å². The van der Waals surface area contributed by atoms with Crippen molar-refractivity contribution in [2.24, 2.45) is 5.92 Å². The van der Waals surface area contributed by atoms with Gasteiger partial charge in [0, 0.05) is 5.92 Å². The van der Waals surface area contributed by atoms with Crippen molar-refractivity contribution in [1.29, 1.82) is 5.26 Å². The first kappa shape index (κ1) is 14.7. The number of nitriles is 1. The molecule has 0 aliphatic rings. The molecule has 2 atom stereocenters. The van der Waals surface area contributed by atoms with Crippen LogP contribution in [0.3, 0.4) is 0 Å². The third-order valence-electron chi connectivity index (χ3n) is 2.81. The predicted molar refractivity (Wildman–Crippen MR) is 70.2 cm³/mol. The SMILES string of the molecule is CCC(C)C#N.CCC(C)c1ccccc1. The molecule has 0 bridgehead atoms. The van der Waals surface area contributed by atoms with E-state index in [9.17, 15) is 0 Å². The number of benzene rings is 1. The molecule has 0 N–H and O–H groups in total. The Labute approximate surface area is 100 Å². The van der Waals surface area contributed by atoms with Crippen molar-refractivity contribution in [1.82, 2.24) is 0 Å². The first-order valence-electron chi connectivity index (χ1n) is 6.10. The highest BCUT2D eigenvalue weighted by atomic mass is 14.2. The Balaban J connectivity index is 0.000000325. The van der Waals surface area contributed by atoms with Gasteiger partial charge in [-0.3, -0.25) is 0 Å². The Morgan fingerprint density at radius 3 is 1.94 bits per heavy atom. The Hall–Kier alpha value is -1.29. The van der Waals surface area contributed by atoms with Gasteiger partial charge in [-0.05, 0) is 31.2 Å². The fraction of sp³-hybridized carbons (Fsp3) is 0.533. The molecule has 1 heteroatoms. The van der Waals surface area contributed by atoms with Crippen molar-refractivity contribution in [3.63, 3.8) is 0 Å². The normalized spacial score (nSPS) is 12.9. The number of nitrogens with zero attached hydrogens (tertiary/aromatic N) is 1. The molecule has 0 aliphatic heterocycles. The summed E-state index contributed by atoms with van der Waals surface area (Å²) in [6.07, 6.45) is 2.19. The van der Waals surface area contributed by atoms with Crippen LogP contribution in [0.4, 0.5) is 0 Å². The van der Waals surface area contributed by atoms with Crippen LogP contribution in [0.5, 0.6) is 0 Å². The van der Waals surface area contributed by atoms with Crippen LogP contribution in [-0.2, 0) is 0 Å². The van der Waals surface area contributed by atoms with E-state index >= 15 is 0 Å². The molecule has 88 valence electrons. The molecule has 0 amide bonds. The lowest BCUT2D eigenvalue weighted by Gasteiger charge is -2.06. The summed E-state index contributed by atoms with van der Waals surface area (Å²) in [5.41, 5.74) is 1.45. The van der Waals surface area contributed by atoms with Gasteiger partial charge >= 0.3 is 0 Å². The van der Waals surface area contributed by atoms with Crippen molar-refractivity contribution in [2.45, 2.75) is 46.5 Å². The van der Waals surface area contributed by atoms with Crippen molar-refractivity contribution in [3.05, 3.63) is 35.9 Å². The van der Waals surface area contributed by atoms with Crippen molar-refractivity contribution in [3.8, 4) is 6.07 Å². The van der Waals surface area contributed by atoms with E-state index < -0.39 is 0 Å². The third-order valence-corrected chi connectivity index (χ3v) is 2.81. The number of hydrogen-bond acceptors (Lipinski definition) is 1. The van der Waals surface area contributed by atoms with E-state index in [1.165, 1.54) is 12.0 Å². The van der Waals surface area contributed by atoms with Crippen molar-refractivity contribution in [2.75, 3.05) is 0 Å². The minimum Gasteiger partial charge on any atom is -0.198 e. The van der Waals surface area contributed by atoms with E-state index in [0.29, 0.717) is 5.92 Å². The minimum absolute atomic E-state index is 0.241. The summed E-state index contributed by atoms with van der Waals surface area (Å²) in [7, 11) is 0. The van der Waals surface area contributed by atoms with E-state index in [0.717, 1.165) is 6.42 Å². The van der Waals surface area contributed by atoms with Crippen LogP contribution >= 0.6 is 0 Å². The zero-order valence-electron chi connectivity index (χ0n) is 10.9. The maximum atomic E-state index is 8.08. The largest absolute Gasteiger partial charge is 0.198 e. The molecule has 0 saturated carbocycles. The van der Waals surface area contributed by atoms with Crippen LogP contribution in [0.25, 0.3) is 0 Å². The Morgan fingerprint density at radius 2 is 1.62 bits per heavy atom. The molecule has 2 unspecified atom stereocenters. The molecule has 1 aromatic rings. The van der Waals surface area contributed by atoms with Gasteiger partial charge in [-0.2, -0.15) is 5.26 Å². The summed E-state index contributed by atoms with van der Waals surface area (Å²) in [4.78, 5) is 0. The highest BCUT2D eigenvalue weighted by Crippen LogP contribution is 2.16. The van der Waals surface area contributed by atoms with E-state index in [-0.39, 0.29) is 5.92 Å². The molecular formula is C15H23N. The second-order valence-corrected chi connectivity index (χ2v) is 4.16. The maximum absolute atomic E-state index is 8.08. The van der Waals surface area contributed by atoms with Gasteiger partial charge in [0.25, 0.3) is 0 Å². The van der Waals surface area contributed by atoms with Crippen molar-refractivity contribution >= 4 is 0 Å². The molecule has 0 aromatic heterocycles. The second kappa shape index (κ2) is 8.97. The molecule has 0 heterocycles. The van der Waals surface area contributed by atoms with Gasteiger partial charge in [-0.25, -0.2) is 0 Å². The minimum atomic E-state index is 0.241. The second-order valence-electron chi connectivity index (χ2n) is 4.16. The molecule has 1 nitrogen and oxygen atoms in total. The third kappa shape index (κ3) is 6.24. The van der Waals surface area contributed by atoms with Crippen molar-refractivity contribution < 1.29 is 0 Å². The van der Waals surface area contributed by atoms with Crippen LogP contribution in [0.15, 0.2) is 30.3 Å². The average Bonchev–Trinajstić information content (AvgIpc) is 2.38. The van der Waals surface area contributed by atoms with E-state index in [2.05, 4.69) is 50.2 Å². The summed E-state index contributed by atoms with van der Waals surface area (Å²) >= 11 is 0. The molecule has 0 saturated heterocycles. The Kier molecular flexibility index (Phi) is 8.25. The van der Waals surface area contributed by atoms with Crippen LogP contribution < -0.4 is 0 Å². The zero-order chi connectivity index (χ0) is 12.4.